The smallest absolute Gasteiger partial charge is 0.421 e. The lowest BCUT2D eigenvalue weighted by Crippen LogP contribution is -2.34. The molecule has 5 rings (SSSR count). The average molecular weight is 615 g/mol. The number of Topliss-reactive ketones (excluding diaryl/α,β-unsaturated/α-hetero) is 1. The number of nitrogens with zero attached hydrogens (tertiary/aromatic N) is 4. The second kappa shape index (κ2) is 12.8. The van der Waals surface area contributed by atoms with E-state index in [2.05, 4.69) is 25.5 Å². The van der Waals surface area contributed by atoms with Crippen molar-refractivity contribution in [1.29, 1.82) is 0 Å². The molecule has 2 N–H and O–H groups in total. The maximum absolute atomic E-state index is 14.0. The van der Waals surface area contributed by atoms with Gasteiger partial charge in [0.2, 0.25) is 5.95 Å². The van der Waals surface area contributed by atoms with Gasteiger partial charge in [-0.05, 0) is 69.2 Å². The molecule has 234 valence electrons. The molecule has 2 aromatic carbocycles. The zero-order valence-corrected chi connectivity index (χ0v) is 24.7. The van der Waals surface area contributed by atoms with Crippen LogP contribution in [0.15, 0.2) is 42.6 Å². The molecule has 1 unspecified atom stereocenters. The number of hydrogen-bond donors (Lipinski definition) is 2. The van der Waals surface area contributed by atoms with Crippen molar-refractivity contribution in [2.45, 2.75) is 38.4 Å². The highest BCUT2D eigenvalue weighted by atomic mass is 19.4. The molecule has 3 aromatic rings. The van der Waals surface area contributed by atoms with E-state index in [1.807, 2.05) is 7.05 Å². The molecule has 3 heterocycles. The number of halogens is 4. The lowest BCUT2D eigenvalue weighted by Gasteiger charge is -2.28. The van der Waals surface area contributed by atoms with E-state index in [9.17, 15) is 27.2 Å². The van der Waals surface area contributed by atoms with Gasteiger partial charge >= 0.3 is 6.18 Å². The number of methoxy groups -OCH3 is 1. The number of ether oxygens (including phenoxy) is 1. The van der Waals surface area contributed by atoms with Gasteiger partial charge in [-0.3, -0.25) is 9.59 Å². The van der Waals surface area contributed by atoms with Crippen LogP contribution in [0, 0.1) is 5.92 Å². The second-order valence-corrected chi connectivity index (χ2v) is 11.1. The SMILES string of the molecule is COc1cc(CC(=O)C2CCN(C)CC2)ccc1Nc1ncc(C(F)(F)F)c(Nc2cccc3c2C(=O)N(CCF)C3C)n1. The van der Waals surface area contributed by atoms with Crippen molar-refractivity contribution in [3.05, 3.63) is 64.8 Å². The number of nitrogens with one attached hydrogen (secondary N) is 2. The molecule has 2 aliphatic heterocycles. The lowest BCUT2D eigenvalue weighted by atomic mass is 9.89. The van der Waals surface area contributed by atoms with Crippen LogP contribution >= 0.6 is 0 Å². The van der Waals surface area contributed by atoms with Gasteiger partial charge in [0.1, 0.15) is 29.6 Å². The molecule has 0 spiro atoms. The third-order valence-corrected chi connectivity index (χ3v) is 8.23. The molecule has 1 fully saturated rings. The summed E-state index contributed by atoms with van der Waals surface area (Å²) in [6.07, 6.45) is -2.25. The number of likely N-dealkylation sites (tertiary alicyclic amines) is 1. The van der Waals surface area contributed by atoms with Gasteiger partial charge in [0.05, 0.1) is 30.1 Å². The minimum atomic E-state index is -4.80. The number of rotatable bonds is 10. The topological polar surface area (TPSA) is 99.7 Å². The Balaban J connectivity index is 1.40. The van der Waals surface area contributed by atoms with Gasteiger partial charge < -0.3 is 25.2 Å². The maximum Gasteiger partial charge on any atom is 0.421 e. The van der Waals surface area contributed by atoms with Crippen LogP contribution in [-0.4, -0.2) is 71.9 Å². The molecule has 1 aromatic heterocycles. The number of amides is 1. The molecule has 2 aliphatic rings. The molecular formula is C31H34F4N6O3. The molecule has 0 radical (unpaired) electrons. The highest BCUT2D eigenvalue weighted by Crippen LogP contribution is 2.41. The third kappa shape index (κ3) is 6.47. The van der Waals surface area contributed by atoms with Crippen molar-refractivity contribution >= 4 is 34.8 Å². The highest BCUT2D eigenvalue weighted by Gasteiger charge is 2.38. The third-order valence-electron chi connectivity index (χ3n) is 8.23. The normalized spacial score (nSPS) is 17.5. The summed E-state index contributed by atoms with van der Waals surface area (Å²) in [6.45, 7) is 2.63. The molecule has 1 amide bonds. The molecule has 1 saturated heterocycles. The quantitative estimate of drug-likeness (QED) is 0.271. The van der Waals surface area contributed by atoms with Crippen molar-refractivity contribution < 1.29 is 31.9 Å². The monoisotopic (exact) mass is 614 g/mol. The first-order valence-corrected chi connectivity index (χ1v) is 14.4. The molecule has 0 aliphatic carbocycles. The number of fused-ring (bicyclic) bond motifs is 1. The average Bonchev–Trinajstić information content (AvgIpc) is 3.23. The number of aromatic nitrogens is 2. The van der Waals surface area contributed by atoms with E-state index in [0.29, 0.717) is 23.2 Å². The maximum atomic E-state index is 14.0. The number of carbonyl (C=O) groups excluding carboxylic acids is 2. The van der Waals surface area contributed by atoms with Crippen LogP contribution < -0.4 is 15.4 Å². The largest absolute Gasteiger partial charge is 0.495 e. The Morgan fingerprint density at radius 3 is 2.55 bits per heavy atom. The minimum Gasteiger partial charge on any atom is -0.495 e. The molecule has 1 atom stereocenters. The Morgan fingerprint density at radius 1 is 1.11 bits per heavy atom. The van der Waals surface area contributed by atoms with Crippen LogP contribution in [-0.2, 0) is 17.4 Å². The minimum absolute atomic E-state index is 0.0117. The summed E-state index contributed by atoms with van der Waals surface area (Å²) < 4.78 is 60.6. The molecule has 9 nitrogen and oxygen atoms in total. The first kappa shape index (κ1) is 31.2. The molecule has 0 saturated carbocycles. The van der Waals surface area contributed by atoms with Crippen molar-refractivity contribution in [3.63, 3.8) is 0 Å². The fourth-order valence-corrected chi connectivity index (χ4v) is 5.75. The van der Waals surface area contributed by atoms with E-state index in [0.717, 1.165) is 31.5 Å². The van der Waals surface area contributed by atoms with E-state index in [1.165, 1.54) is 18.1 Å². The predicted octanol–water partition coefficient (Wildman–Crippen LogP) is 5.93. The number of piperidine rings is 1. The summed E-state index contributed by atoms with van der Waals surface area (Å²) in [4.78, 5) is 37.5. The van der Waals surface area contributed by atoms with Gasteiger partial charge in [0, 0.05) is 25.1 Å². The Hall–Kier alpha value is -4.26. The standard InChI is InChI=1S/C31H34F4N6O3/c1-18-21-5-4-6-24(27(21)29(43)41(18)14-11-32)37-28-22(31(33,34)35)17-36-30(39-28)38-23-8-7-19(16-26(23)44-3)15-25(42)20-9-12-40(2)13-10-20/h4-8,16-18,20H,9-15H2,1-3H3,(H2,36,37,38,39). The second-order valence-electron chi connectivity index (χ2n) is 11.1. The Labute approximate surface area is 252 Å². The van der Waals surface area contributed by atoms with Gasteiger partial charge in [-0.1, -0.05) is 18.2 Å². The van der Waals surface area contributed by atoms with Crippen molar-refractivity contribution in [2.24, 2.45) is 5.92 Å². The van der Waals surface area contributed by atoms with Crippen LogP contribution in [0.4, 0.5) is 40.7 Å². The summed E-state index contributed by atoms with van der Waals surface area (Å²) >= 11 is 0. The zero-order valence-electron chi connectivity index (χ0n) is 24.7. The fraction of sp³-hybridized carbons (Fsp3) is 0.419. The first-order chi connectivity index (χ1) is 21.0. The number of alkyl halides is 4. The highest BCUT2D eigenvalue weighted by molar-refractivity contribution is 6.04. The van der Waals surface area contributed by atoms with Crippen LogP contribution in [0.1, 0.15) is 52.9 Å². The molecule has 13 heteroatoms. The van der Waals surface area contributed by atoms with E-state index < -0.39 is 36.2 Å². The van der Waals surface area contributed by atoms with Crippen LogP contribution in [0.2, 0.25) is 0 Å². The number of carbonyl (C=O) groups is 2. The van der Waals surface area contributed by atoms with Crippen molar-refractivity contribution in [2.75, 3.05) is 51.1 Å². The summed E-state index contributed by atoms with van der Waals surface area (Å²) in [7, 11) is 3.49. The summed E-state index contributed by atoms with van der Waals surface area (Å²) in [5.74, 6) is -0.654. The van der Waals surface area contributed by atoms with Crippen LogP contribution in [0.25, 0.3) is 0 Å². The lowest BCUT2D eigenvalue weighted by molar-refractivity contribution is -0.137. The molecular weight excluding hydrogens is 580 g/mol. The van der Waals surface area contributed by atoms with E-state index in [4.69, 9.17) is 4.74 Å². The van der Waals surface area contributed by atoms with Crippen LogP contribution in [0.5, 0.6) is 5.75 Å². The van der Waals surface area contributed by atoms with Crippen LogP contribution in [0.3, 0.4) is 0 Å². The van der Waals surface area contributed by atoms with Gasteiger partial charge in [-0.2, -0.15) is 18.2 Å². The number of anilines is 4. The zero-order chi connectivity index (χ0) is 31.6. The van der Waals surface area contributed by atoms with E-state index in [-0.39, 0.29) is 41.9 Å². The van der Waals surface area contributed by atoms with Crippen molar-refractivity contribution in [1.82, 2.24) is 19.8 Å². The number of benzene rings is 2. The van der Waals surface area contributed by atoms with E-state index >= 15 is 0 Å². The number of ketones is 1. The molecule has 0 bridgehead atoms. The van der Waals surface area contributed by atoms with Crippen molar-refractivity contribution in [3.8, 4) is 5.75 Å². The summed E-state index contributed by atoms with van der Waals surface area (Å²) in [5, 5.41) is 5.60. The van der Waals surface area contributed by atoms with Gasteiger partial charge in [0.25, 0.3) is 5.91 Å². The predicted molar refractivity (Wildman–Crippen MR) is 157 cm³/mol. The molecule has 44 heavy (non-hydrogen) atoms. The summed E-state index contributed by atoms with van der Waals surface area (Å²) in [5.41, 5.74) is 0.877. The van der Waals surface area contributed by atoms with E-state index in [1.54, 1.807) is 37.3 Å². The summed E-state index contributed by atoms with van der Waals surface area (Å²) in [6, 6.07) is 9.47. The van der Waals surface area contributed by atoms with Gasteiger partial charge in [-0.25, -0.2) is 9.37 Å². The Morgan fingerprint density at radius 2 is 1.86 bits per heavy atom. The Kier molecular flexibility index (Phi) is 9.05. The first-order valence-electron chi connectivity index (χ1n) is 14.4. The fourth-order valence-electron chi connectivity index (χ4n) is 5.75. The van der Waals surface area contributed by atoms with Gasteiger partial charge in [0.15, 0.2) is 0 Å². The number of hydrogen-bond acceptors (Lipinski definition) is 8. The van der Waals surface area contributed by atoms with Gasteiger partial charge in [-0.15, -0.1) is 0 Å². The Bertz CT molecular complexity index is 1540.